The van der Waals surface area contributed by atoms with E-state index in [9.17, 15) is 4.79 Å². The van der Waals surface area contributed by atoms with Crippen molar-refractivity contribution in [3.63, 3.8) is 0 Å². The summed E-state index contributed by atoms with van der Waals surface area (Å²) in [5, 5.41) is 8.82. The maximum absolute atomic E-state index is 12.4. The van der Waals surface area contributed by atoms with Crippen LogP contribution >= 0.6 is 11.3 Å². The summed E-state index contributed by atoms with van der Waals surface area (Å²) in [5.41, 5.74) is 0.00912. The summed E-state index contributed by atoms with van der Waals surface area (Å²) < 4.78 is 0. The van der Waals surface area contributed by atoms with Crippen LogP contribution in [0.4, 0.5) is 0 Å². The van der Waals surface area contributed by atoms with Crippen LogP contribution in [-0.4, -0.2) is 24.5 Å². The van der Waals surface area contributed by atoms with Gasteiger partial charge in [0, 0.05) is 22.9 Å². The number of rotatable bonds is 4. The zero-order valence-corrected chi connectivity index (χ0v) is 13.8. The van der Waals surface area contributed by atoms with Gasteiger partial charge < -0.3 is 10.6 Å². The first-order chi connectivity index (χ1) is 10.1. The number of nitrogens with one attached hydrogen (secondary N) is 2. The van der Waals surface area contributed by atoms with Crippen LogP contribution in [0.25, 0.3) is 0 Å². The summed E-state index contributed by atoms with van der Waals surface area (Å²) in [6.45, 7) is 5.10. The molecule has 3 atom stereocenters. The van der Waals surface area contributed by atoms with E-state index in [0.717, 1.165) is 12.3 Å². The molecule has 1 aromatic rings. The van der Waals surface area contributed by atoms with Gasteiger partial charge in [0.05, 0.1) is 6.04 Å². The first-order valence-corrected chi connectivity index (χ1v) is 9.02. The van der Waals surface area contributed by atoms with Gasteiger partial charge in [0.15, 0.2) is 0 Å². The van der Waals surface area contributed by atoms with E-state index in [1.807, 2.05) is 0 Å². The molecule has 3 rings (SSSR count). The Bertz CT molecular complexity index is 469. The van der Waals surface area contributed by atoms with Crippen LogP contribution in [-0.2, 0) is 10.2 Å². The number of fused-ring (bicyclic) bond motifs is 1. The molecule has 21 heavy (non-hydrogen) atoms. The van der Waals surface area contributed by atoms with Gasteiger partial charge in [-0.05, 0) is 36.6 Å². The minimum Gasteiger partial charge on any atom is -0.354 e. The lowest BCUT2D eigenvalue weighted by molar-refractivity contribution is -0.123. The van der Waals surface area contributed by atoms with Crippen LogP contribution in [0.15, 0.2) is 17.5 Å². The zero-order chi connectivity index (χ0) is 14.9. The average molecular weight is 306 g/mol. The Balaban J connectivity index is 1.53. The van der Waals surface area contributed by atoms with Crippen molar-refractivity contribution in [2.24, 2.45) is 5.92 Å². The molecule has 116 valence electrons. The van der Waals surface area contributed by atoms with Crippen molar-refractivity contribution in [3.05, 3.63) is 22.4 Å². The summed E-state index contributed by atoms with van der Waals surface area (Å²) in [6.07, 6.45) is 6.21. The van der Waals surface area contributed by atoms with E-state index in [1.165, 1.54) is 30.6 Å². The van der Waals surface area contributed by atoms with Crippen LogP contribution in [0, 0.1) is 5.92 Å². The number of amides is 1. The van der Waals surface area contributed by atoms with E-state index in [-0.39, 0.29) is 17.4 Å². The highest BCUT2D eigenvalue weighted by Gasteiger charge is 2.38. The van der Waals surface area contributed by atoms with Crippen LogP contribution in [0.3, 0.4) is 0 Å². The maximum atomic E-state index is 12.4. The van der Waals surface area contributed by atoms with E-state index in [1.54, 1.807) is 11.3 Å². The predicted octanol–water partition coefficient (Wildman–Crippen LogP) is 3.06. The Kier molecular flexibility index (Phi) is 4.36. The fourth-order valence-electron chi connectivity index (χ4n) is 3.70. The van der Waals surface area contributed by atoms with E-state index in [0.29, 0.717) is 12.6 Å². The summed E-state index contributed by atoms with van der Waals surface area (Å²) in [5.74, 6) is 0.911. The minimum absolute atomic E-state index is 0.00912. The number of hydrogen-bond acceptors (Lipinski definition) is 3. The lowest BCUT2D eigenvalue weighted by atomic mass is 9.85. The van der Waals surface area contributed by atoms with Gasteiger partial charge in [-0.2, -0.15) is 0 Å². The van der Waals surface area contributed by atoms with Gasteiger partial charge >= 0.3 is 0 Å². The highest BCUT2D eigenvalue weighted by molar-refractivity contribution is 7.10. The molecule has 1 aliphatic heterocycles. The number of carbonyl (C=O) groups is 1. The van der Waals surface area contributed by atoms with Crippen LogP contribution < -0.4 is 10.6 Å². The van der Waals surface area contributed by atoms with E-state index in [4.69, 9.17) is 0 Å². The molecule has 2 aliphatic rings. The summed E-state index contributed by atoms with van der Waals surface area (Å²) in [7, 11) is 0. The third-order valence-electron chi connectivity index (χ3n) is 5.07. The topological polar surface area (TPSA) is 41.1 Å². The van der Waals surface area contributed by atoms with Crippen molar-refractivity contribution < 1.29 is 4.79 Å². The van der Waals surface area contributed by atoms with Crippen molar-refractivity contribution >= 4 is 17.2 Å². The Morgan fingerprint density at radius 2 is 2.24 bits per heavy atom. The Labute approximate surface area is 131 Å². The van der Waals surface area contributed by atoms with Crippen molar-refractivity contribution in [2.45, 2.75) is 63.5 Å². The second-order valence-corrected chi connectivity index (χ2v) is 8.13. The molecular formula is C17H26N2OS. The van der Waals surface area contributed by atoms with Gasteiger partial charge in [-0.15, -0.1) is 11.3 Å². The highest BCUT2D eigenvalue weighted by atomic mass is 32.1. The van der Waals surface area contributed by atoms with Crippen LogP contribution in [0.1, 0.15) is 50.8 Å². The normalized spacial score (nSPS) is 29.1. The number of hydrogen-bond donors (Lipinski definition) is 2. The van der Waals surface area contributed by atoms with Crippen LogP contribution in [0.5, 0.6) is 0 Å². The molecule has 2 fully saturated rings. The first kappa shape index (κ1) is 15.0. The van der Waals surface area contributed by atoms with Gasteiger partial charge in [-0.1, -0.05) is 32.8 Å². The van der Waals surface area contributed by atoms with Gasteiger partial charge in [0.25, 0.3) is 0 Å². The van der Waals surface area contributed by atoms with Crippen molar-refractivity contribution in [3.8, 4) is 0 Å². The molecular weight excluding hydrogens is 280 g/mol. The monoisotopic (exact) mass is 306 g/mol. The fourth-order valence-corrected chi connectivity index (χ4v) is 4.56. The fraction of sp³-hybridized carbons (Fsp3) is 0.706. The molecule has 3 nitrogen and oxygen atoms in total. The summed E-state index contributed by atoms with van der Waals surface area (Å²) >= 11 is 1.76. The molecule has 0 bridgehead atoms. The largest absolute Gasteiger partial charge is 0.354 e. The average Bonchev–Trinajstić information content (AvgIpc) is 3.13. The van der Waals surface area contributed by atoms with Crippen LogP contribution in [0.2, 0.25) is 0 Å². The lowest BCUT2D eigenvalue weighted by Crippen LogP contribution is -2.46. The Morgan fingerprint density at radius 3 is 2.95 bits per heavy atom. The second kappa shape index (κ2) is 6.09. The van der Waals surface area contributed by atoms with Gasteiger partial charge in [-0.3, -0.25) is 4.79 Å². The predicted molar refractivity (Wildman–Crippen MR) is 87.6 cm³/mol. The molecule has 1 aliphatic carbocycles. The van der Waals surface area contributed by atoms with Crippen molar-refractivity contribution in [2.75, 3.05) is 6.54 Å². The molecule has 4 heteroatoms. The second-order valence-electron chi connectivity index (χ2n) is 7.18. The molecule has 0 spiro atoms. The molecule has 3 unspecified atom stereocenters. The van der Waals surface area contributed by atoms with E-state index >= 15 is 0 Å². The number of thiophene rings is 1. The van der Waals surface area contributed by atoms with E-state index < -0.39 is 0 Å². The molecule has 1 amide bonds. The van der Waals surface area contributed by atoms with E-state index in [2.05, 4.69) is 42.0 Å². The minimum atomic E-state index is 0.00912. The van der Waals surface area contributed by atoms with Crippen molar-refractivity contribution in [1.82, 2.24) is 10.6 Å². The quantitative estimate of drug-likeness (QED) is 0.897. The maximum Gasteiger partial charge on any atom is 0.237 e. The number of carbonyl (C=O) groups excluding carboxylic acids is 1. The lowest BCUT2D eigenvalue weighted by Gasteiger charge is -2.25. The third-order valence-corrected chi connectivity index (χ3v) is 6.31. The third kappa shape index (κ3) is 3.32. The molecule has 1 saturated carbocycles. The summed E-state index contributed by atoms with van der Waals surface area (Å²) in [6, 6.07) is 4.84. The van der Waals surface area contributed by atoms with Gasteiger partial charge in [-0.25, -0.2) is 0 Å². The summed E-state index contributed by atoms with van der Waals surface area (Å²) in [4.78, 5) is 13.8. The smallest absolute Gasteiger partial charge is 0.237 e. The van der Waals surface area contributed by atoms with Crippen molar-refractivity contribution in [1.29, 1.82) is 0 Å². The molecule has 2 heterocycles. The Morgan fingerprint density at radius 1 is 1.43 bits per heavy atom. The Hall–Kier alpha value is -0.870. The first-order valence-electron chi connectivity index (χ1n) is 8.14. The molecule has 1 aromatic heterocycles. The molecule has 0 aromatic carbocycles. The highest BCUT2D eigenvalue weighted by Crippen LogP contribution is 2.33. The molecule has 0 radical (unpaired) electrons. The standard InChI is InChI=1S/C17H26N2OS/c1-17(2,15-8-5-9-21-15)11-18-16(20)14-10-12-6-3-4-7-13(12)19-14/h5,8-9,12-14,19H,3-4,6-7,10-11H2,1-2H3,(H,18,20). The van der Waals surface area contributed by atoms with Gasteiger partial charge in [0.2, 0.25) is 5.91 Å². The zero-order valence-electron chi connectivity index (χ0n) is 13.0. The SMILES string of the molecule is CC(C)(CNC(=O)C1CC2CCCCC2N1)c1cccs1. The van der Waals surface area contributed by atoms with Gasteiger partial charge in [0.1, 0.15) is 0 Å². The molecule has 1 saturated heterocycles. The molecule has 2 N–H and O–H groups in total.